The molecule has 5 rings (SSSR count). The number of aliphatic carboxylic acids is 1. The first-order chi connectivity index (χ1) is 17.6. The van der Waals surface area contributed by atoms with E-state index in [-0.39, 0.29) is 6.04 Å². The number of methoxy groups -OCH3 is 1. The lowest BCUT2D eigenvalue weighted by Gasteiger charge is -2.50. The first-order valence-corrected chi connectivity index (χ1v) is 12.2. The van der Waals surface area contributed by atoms with Crippen molar-refractivity contribution in [1.82, 2.24) is 9.88 Å². The van der Waals surface area contributed by atoms with Crippen molar-refractivity contribution in [1.29, 1.82) is 0 Å². The van der Waals surface area contributed by atoms with E-state index in [4.69, 9.17) is 35.4 Å². The van der Waals surface area contributed by atoms with Crippen LogP contribution in [0.25, 0.3) is 10.9 Å². The van der Waals surface area contributed by atoms with Crippen LogP contribution < -0.4 is 4.74 Å². The zero-order chi connectivity index (χ0) is 27.3. The Balaban J connectivity index is 0.000000251. The van der Waals surface area contributed by atoms with Crippen LogP contribution in [0.1, 0.15) is 24.5 Å². The van der Waals surface area contributed by atoms with Crippen LogP contribution in [0, 0.1) is 11.8 Å². The van der Waals surface area contributed by atoms with E-state index < -0.39 is 43.1 Å². The number of carboxylic acid groups (broad SMARTS) is 1. The minimum absolute atomic E-state index is 0.178. The van der Waals surface area contributed by atoms with Gasteiger partial charge in [-0.15, -0.1) is 6.58 Å². The second kappa shape index (κ2) is 12.7. The molecule has 3 aliphatic rings. The third-order valence-corrected chi connectivity index (χ3v) is 7.33. The lowest BCUT2D eigenvalue weighted by atomic mass is 9.73. The smallest absolute Gasteiger partial charge is 0.335 e. The van der Waals surface area contributed by atoms with Gasteiger partial charge in [-0.05, 0) is 61.1 Å². The summed E-state index contributed by atoms with van der Waals surface area (Å²) in [6.45, 7) is 5.23. The van der Waals surface area contributed by atoms with Crippen molar-refractivity contribution in [3.8, 4) is 5.75 Å². The van der Waals surface area contributed by atoms with E-state index in [2.05, 4.69) is 22.5 Å². The zero-order valence-electron chi connectivity index (χ0n) is 20.7. The van der Waals surface area contributed by atoms with Gasteiger partial charge in [0, 0.05) is 24.2 Å². The second-order valence-electron chi connectivity index (χ2n) is 9.49. The number of rotatable bonds is 9. The maximum atomic E-state index is 11.2. The highest BCUT2D eigenvalue weighted by molar-refractivity contribution is 5.84. The second-order valence-corrected chi connectivity index (χ2v) is 9.49. The van der Waals surface area contributed by atoms with E-state index in [1.54, 1.807) is 13.3 Å². The van der Waals surface area contributed by atoms with Gasteiger partial charge in [-0.2, -0.15) is 0 Å². The molecule has 0 amide bonds. The lowest BCUT2D eigenvalue weighted by molar-refractivity contribution is -0.164. The standard InChI is InChI=1S/C20H24N2O2.C6H12O7/c1-3-13-12-22-9-7-14(13)10-19(22)20(23)16-6-8-21-18-5-4-15(24-2)11-17(16)18;7-1-2(8)3(9)4(10)5(11)6(12)13/h3-6,8,11,13-14,19-20,23H,1,7,9-10,12H2,2H3;2-5,7-11H,1H2,(H,12,13)/t;2?,3?,4?,5-/m.0/s1. The molecule has 1 aromatic heterocycles. The zero-order valence-corrected chi connectivity index (χ0v) is 20.7. The maximum Gasteiger partial charge on any atom is 0.335 e. The minimum Gasteiger partial charge on any atom is -0.497 e. The predicted molar refractivity (Wildman–Crippen MR) is 134 cm³/mol. The average molecular weight is 521 g/mol. The summed E-state index contributed by atoms with van der Waals surface area (Å²) < 4.78 is 5.35. The number of aliphatic hydroxyl groups excluding tert-OH is 6. The van der Waals surface area contributed by atoms with Crippen molar-refractivity contribution in [2.45, 2.75) is 49.4 Å². The van der Waals surface area contributed by atoms with Gasteiger partial charge in [0.1, 0.15) is 24.1 Å². The molecule has 2 bridgehead atoms. The number of nitrogens with zero attached hydrogens (tertiary/aromatic N) is 2. The van der Waals surface area contributed by atoms with Crippen LogP contribution in [-0.4, -0.2) is 109 Å². The Labute approximate surface area is 214 Å². The summed E-state index contributed by atoms with van der Waals surface area (Å²) in [7, 11) is 1.66. The molecule has 0 spiro atoms. The van der Waals surface area contributed by atoms with Gasteiger partial charge in [0.25, 0.3) is 0 Å². The maximum absolute atomic E-state index is 11.2. The molecule has 3 aliphatic heterocycles. The Hall–Kier alpha value is -2.64. The number of fused-ring (bicyclic) bond motifs is 4. The van der Waals surface area contributed by atoms with Crippen LogP contribution in [0.3, 0.4) is 0 Å². The number of pyridine rings is 1. The van der Waals surface area contributed by atoms with Crippen molar-refractivity contribution < 1.29 is 45.3 Å². The third-order valence-electron chi connectivity index (χ3n) is 7.33. The molecular formula is C26H36N2O9. The van der Waals surface area contributed by atoms with Crippen molar-refractivity contribution in [2.24, 2.45) is 11.8 Å². The van der Waals surface area contributed by atoms with E-state index in [9.17, 15) is 9.90 Å². The Morgan fingerprint density at radius 3 is 2.51 bits per heavy atom. The van der Waals surface area contributed by atoms with E-state index in [0.29, 0.717) is 11.8 Å². The quantitative estimate of drug-likeness (QED) is 0.215. The minimum atomic E-state index is -2.20. The van der Waals surface area contributed by atoms with E-state index in [0.717, 1.165) is 41.7 Å². The van der Waals surface area contributed by atoms with Crippen LogP contribution in [0.4, 0.5) is 0 Å². The molecule has 8 unspecified atom stereocenters. The number of carboxylic acids is 1. The van der Waals surface area contributed by atoms with Gasteiger partial charge in [0.15, 0.2) is 6.10 Å². The first-order valence-electron chi connectivity index (χ1n) is 12.2. The Bertz CT molecular complexity index is 1070. The summed E-state index contributed by atoms with van der Waals surface area (Å²) in [5, 5.41) is 63.9. The van der Waals surface area contributed by atoms with Crippen molar-refractivity contribution in [3.63, 3.8) is 0 Å². The molecule has 7 N–H and O–H groups in total. The van der Waals surface area contributed by atoms with Crippen LogP contribution in [0.2, 0.25) is 0 Å². The average Bonchev–Trinajstić information content (AvgIpc) is 2.94. The Morgan fingerprint density at radius 1 is 1.22 bits per heavy atom. The normalized spacial score (nSPS) is 26.8. The highest BCUT2D eigenvalue weighted by Gasteiger charge is 2.42. The monoisotopic (exact) mass is 520 g/mol. The molecule has 1 aromatic carbocycles. The summed E-state index contributed by atoms with van der Waals surface area (Å²) in [5.41, 5.74) is 1.85. The number of benzene rings is 1. The van der Waals surface area contributed by atoms with Gasteiger partial charge >= 0.3 is 5.97 Å². The molecular weight excluding hydrogens is 484 g/mol. The molecule has 0 aliphatic carbocycles. The first kappa shape index (κ1) is 28.9. The fourth-order valence-corrected chi connectivity index (χ4v) is 5.11. The molecule has 0 radical (unpaired) electrons. The summed E-state index contributed by atoms with van der Waals surface area (Å²) in [4.78, 5) is 16.9. The summed E-state index contributed by atoms with van der Waals surface area (Å²) in [6, 6.07) is 7.96. The fourth-order valence-electron chi connectivity index (χ4n) is 5.11. The van der Waals surface area contributed by atoms with Crippen LogP contribution in [0.5, 0.6) is 5.75 Å². The summed E-state index contributed by atoms with van der Waals surface area (Å²) in [6.07, 6.45) is -2.22. The highest BCUT2D eigenvalue weighted by atomic mass is 16.5. The number of carbonyl (C=O) groups is 1. The topological polar surface area (TPSA) is 184 Å². The lowest BCUT2D eigenvalue weighted by Crippen LogP contribution is -2.54. The fraction of sp³-hybridized carbons (Fsp3) is 0.538. The number of ether oxygens (including phenoxy) is 1. The molecule has 204 valence electrons. The van der Waals surface area contributed by atoms with Crippen molar-refractivity contribution in [3.05, 3.63) is 48.7 Å². The molecule has 11 nitrogen and oxygen atoms in total. The van der Waals surface area contributed by atoms with Gasteiger partial charge in [0.05, 0.1) is 25.3 Å². The van der Waals surface area contributed by atoms with E-state index in [1.165, 1.54) is 6.42 Å². The van der Waals surface area contributed by atoms with Crippen LogP contribution in [0.15, 0.2) is 43.1 Å². The molecule has 9 atom stereocenters. The molecule has 3 saturated heterocycles. The molecule has 2 aromatic rings. The predicted octanol–water partition coefficient (Wildman–Crippen LogP) is -0.320. The SMILES string of the molecule is C=CC1CN2CCC1CC2C(O)c1ccnc2ccc(OC)cc12.O=C(O)[C@@H](O)C(O)C(O)C(O)CO. The number of aromatic nitrogens is 1. The molecule has 11 heteroatoms. The molecule has 0 saturated carbocycles. The number of piperidine rings is 3. The number of hydrogen-bond acceptors (Lipinski definition) is 10. The van der Waals surface area contributed by atoms with E-state index in [1.807, 2.05) is 24.3 Å². The van der Waals surface area contributed by atoms with Gasteiger partial charge in [-0.3, -0.25) is 9.88 Å². The van der Waals surface area contributed by atoms with E-state index >= 15 is 0 Å². The third kappa shape index (κ3) is 6.44. The van der Waals surface area contributed by atoms with Gasteiger partial charge < -0.3 is 40.5 Å². The molecule has 37 heavy (non-hydrogen) atoms. The summed E-state index contributed by atoms with van der Waals surface area (Å²) >= 11 is 0. The van der Waals surface area contributed by atoms with Crippen LogP contribution >= 0.6 is 0 Å². The van der Waals surface area contributed by atoms with Gasteiger partial charge in [0.2, 0.25) is 0 Å². The number of hydrogen-bond donors (Lipinski definition) is 7. The number of aliphatic hydroxyl groups is 6. The highest BCUT2D eigenvalue weighted by Crippen LogP contribution is 2.42. The van der Waals surface area contributed by atoms with Gasteiger partial charge in [-0.1, -0.05) is 6.08 Å². The Kier molecular flexibility index (Phi) is 9.96. The molecule has 4 heterocycles. The van der Waals surface area contributed by atoms with Gasteiger partial charge in [-0.25, -0.2) is 4.79 Å². The largest absolute Gasteiger partial charge is 0.497 e. The Morgan fingerprint density at radius 2 is 1.95 bits per heavy atom. The van der Waals surface area contributed by atoms with Crippen molar-refractivity contribution >= 4 is 16.9 Å². The van der Waals surface area contributed by atoms with Crippen LogP contribution in [-0.2, 0) is 4.79 Å². The summed E-state index contributed by atoms with van der Waals surface area (Å²) in [5.74, 6) is 0.282. The molecule has 3 fully saturated rings. The van der Waals surface area contributed by atoms with Crippen molar-refractivity contribution in [2.75, 3.05) is 26.8 Å².